The minimum atomic E-state index is -0.583. The first-order valence-electron chi connectivity index (χ1n) is 6.44. The van der Waals surface area contributed by atoms with E-state index in [2.05, 4.69) is 9.84 Å². The van der Waals surface area contributed by atoms with Crippen molar-refractivity contribution < 1.29 is 14.3 Å². The Labute approximate surface area is 110 Å². The summed E-state index contributed by atoms with van der Waals surface area (Å²) in [6.07, 6.45) is 5.17. The Hall–Kier alpha value is -2.17. The highest BCUT2D eigenvalue weighted by Gasteiger charge is 2.31. The third-order valence-corrected chi connectivity index (χ3v) is 3.40. The van der Waals surface area contributed by atoms with E-state index in [4.69, 9.17) is 0 Å². The molecule has 19 heavy (non-hydrogen) atoms. The predicted molar refractivity (Wildman–Crippen MR) is 69.2 cm³/mol. The summed E-state index contributed by atoms with van der Waals surface area (Å²) in [5, 5.41) is 6.37. The van der Waals surface area contributed by atoms with E-state index in [1.807, 2.05) is 5.01 Å². The lowest BCUT2D eigenvalue weighted by Crippen LogP contribution is -2.24. The number of hydrogen-bond donors (Lipinski definition) is 0. The number of hydrazone groups is 1. The molecule has 0 aliphatic carbocycles. The fourth-order valence-corrected chi connectivity index (χ4v) is 2.40. The minimum Gasteiger partial charge on any atom is -0.386 e. The second-order valence-corrected chi connectivity index (χ2v) is 4.71. The van der Waals surface area contributed by atoms with Gasteiger partial charge in [0.15, 0.2) is 0 Å². The van der Waals surface area contributed by atoms with Crippen molar-refractivity contribution >= 4 is 18.2 Å². The van der Waals surface area contributed by atoms with Crippen molar-refractivity contribution in [2.24, 2.45) is 5.10 Å². The average Bonchev–Trinajstić information content (AvgIpc) is 2.74. The van der Waals surface area contributed by atoms with Gasteiger partial charge in [-0.3, -0.25) is 5.01 Å². The summed E-state index contributed by atoms with van der Waals surface area (Å²) >= 11 is 0. The Kier molecular flexibility index (Phi) is 3.03. The molecule has 2 aliphatic heterocycles. The van der Waals surface area contributed by atoms with Crippen molar-refractivity contribution in [3.8, 4) is 0 Å². The maximum atomic E-state index is 11.6. The number of cyclic esters (lactones) is 2. The minimum absolute atomic E-state index is 0.326. The molecule has 2 aliphatic rings. The lowest BCUT2D eigenvalue weighted by molar-refractivity contribution is 0.0444. The fraction of sp³-hybridized carbons (Fsp3) is 0.357. The normalized spacial score (nSPS) is 18.8. The van der Waals surface area contributed by atoms with Crippen LogP contribution in [0.1, 0.15) is 45.5 Å². The first kappa shape index (κ1) is 11.9. The van der Waals surface area contributed by atoms with Gasteiger partial charge in [0.05, 0.1) is 17.3 Å². The van der Waals surface area contributed by atoms with Gasteiger partial charge >= 0.3 is 11.9 Å². The lowest BCUT2D eigenvalue weighted by Gasteiger charge is -2.23. The summed E-state index contributed by atoms with van der Waals surface area (Å²) in [4.78, 5) is 23.1. The molecule has 0 unspecified atom stereocenters. The average molecular weight is 258 g/mol. The van der Waals surface area contributed by atoms with Gasteiger partial charge in [-0.25, -0.2) is 9.59 Å². The van der Waals surface area contributed by atoms with Gasteiger partial charge in [-0.15, -0.1) is 0 Å². The molecule has 0 saturated carbocycles. The molecular formula is C14H14N2O3. The van der Waals surface area contributed by atoms with Crippen LogP contribution >= 0.6 is 0 Å². The van der Waals surface area contributed by atoms with Gasteiger partial charge in [0.25, 0.3) is 0 Å². The number of hydrogen-bond acceptors (Lipinski definition) is 5. The summed E-state index contributed by atoms with van der Waals surface area (Å²) in [5.41, 5.74) is 1.29. The molecule has 0 bridgehead atoms. The van der Waals surface area contributed by atoms with Gasteiger partial charge in [0.1, 0.15) is 0 Å². The molecule has 0 N–H and O–H groups in total. The summed E-state index contributed by atoms with van der Waals surface area (Å²) in [5.74, 6) is -1.16. The van der Waals surface area contributed by atoms with E-state index in [-0.39, 0.29) is 0 Å². The van der Waals surface area contributed by atoms with Crippen molar-refractivity contribution in [2.45, 2.75) is 19.3 Å². The Morgan fingerprint density at radius 1 is 1.11 bits per heavy atom. The molecule has 1 aromatic carbocycles. The van der Waals surface area contributed by atoms with E-state index < -0.39 is 11.9 Å². The first-order chi connectivity index (χ1) is 9.25. The molecule has 5 heteroatoms. The quantitative estimate of drug-likeness (QED) is 0.461. The third kappa shape index (κ3) is 2.23. The van der Waals surface area contributed by atoms with Gasteiger partial charge in [0, 0.05) is 18.7 Å². The van der Waals surface area contributed by atoms with Gasteiger partial charge in [-0.1, -0.05) is 12.1 Å². The number of nitrogens with zero attached hydrogens (tertiary/aromatic N) is 2. The van der Waals surface area contributed by atoms with Crippen LogP contribution in [0.25, 0.3) is 0 Å². The summed E-state index contributed by atoms with van der Waals surface area (Å²) < 4.78 is 4.61. The van der Waals surface area contributed by atoms with Crippen LogP contribution in [0, 0.1) is 0 Å². The van der Waals surface area contributed by atoms with Crippen LogP contribution in [0.5, 0.6) is 0 Å². The van der Waals surface area contributed by atoms with Crippen molar-refractivity contribution in [3.05, 3.63) is 34.9 Å². The second kappa shape index (κ2) is 4.84. The molecule has 3 rings (SSSR count). The van der Waals surface area contributed by atoms with E-state index >= 15 is 0 Å². The van der Waals surface area contributed by atoms with E-state index in [1.54, 1.807) is 24.4 Å². The van der Waals surface area contributed by atoms with Gasteiger partial charge in [-0.2, -0.15) is 5.10 Å². The maximum Gasteiger partial charge on any atom is 0.347 e. The van der Waals surface area contributed by atoms with E-state index in [0.717, 1.165) is 25.9 Å². The van der Waals surface area contributed by atoms with E-state index in [1.165, 1.54) is 6.42 Å². The van der Waals surface area contributed by atoms with Crippen LogP contribution in [0.2, 0.25) is 0 Å². The van der Waals surface area contributed by atoms with Gasteiger partial charge < -0.3 is 4.74 Å². The highest BCUT2D eigenvalue weighted by atomic mass is 16.6. The fourth-order valence-electron chi connectivity index (χ4n) is 2.40. The molecule has 1 fully saturated rings. The highest BCUT2D eigenvalue weighted by Crippen LogP contribution is 2.22. The molecular weight excluding hydrogens is 244 g/mol. The molecule has 1 saturated heterocycles. The maximum absolute atomic E-state index is 11.6. The van der Waals surface area contributed by atoms with Crippen LogP contribution in [0.4, 0.5) is 0 Å². The number of fused-ring (bicyclic) bond motifs is 1. The van der Waals surface area contributed by atoms with Gasteiger partial charge in [0.2, 0.25) is 0 Å². The van der Waals surface area contributed by atoms with Crippen LogP contribution in [-0.4, -0.2) is 36.3 Å². The molecule has 0 aromatic heterocycles. The zero-order chi connectivity index (χ0) is 13.2. The van der Waals surface area contributed by atoms with Crippen LogP contribution in [-0.2, 0) is 4.74 Å². The van der Waals surface area contributed by atoms with E-state index in [0.29, 0.717) is 16.7 Å². The van der Waals surface area contributed by atoms with Crippen LogP contribution in [0.3, 0.4) is 0 Å². The first-order valence-corrected chi connectivity index (χ1v) is 6.44. The number of rotatable bonds is 2. The molecule has 5 nitrogen and oxygen atoms in total. The Morgan fingerprint density at radius 3 is 2.68 bits per heavy atom. The summed E-state index contributed by atoms with van der Waals surface area (Å²) in [6, 6.07) is 5.10. The zero-order valence-electron chi connectivity index (χ0n) is 10.5. The van der Waals surface area contributed by atoms with Crippen molar-refractivity contribution in [1.82, 2.24) is 5.01 Å². The molecule has 1 aromatic rings. The van der Waals surface area contributed by atoms with E-state index in [9.17, 15) is 9.59 Å². The van der Waals surface area contributed by atoms with Crippen molar-refractivity contribution in [3.63, 3.8) is 0 Å². The lowest BCUT2D eigenvalue weighted by atomic mass is 10.0. The number of piperidine rings is 1. The Morgan fingerprint density at radius 2 is 1.89 bits per heavy atom. The number of carbonyl (C=O) groups is 2. The van der Waals surface area contributed by atoms with Crippen molar-refractivity contribution in [1.29, 1.82) is 0 Å². The van der Waals surface area contributed by atoms with Crippen molar-refractivity contribution in [2.75, 3.05) is 13.1 Å². The Bertz CT molecular complexity index is 560. The standard InChI is InChI=1S/C14H14N2O3/c17-13-11-6-4-5-10(12(11)14(18)19-13)9-15-16-7-2-1-3-8-16/h4-6,9H,1-3,7-8H2/b15-9-. The molecule has 0 atom stereocenters. The number of esters is 2. The highest BCUT2D eigenvalue weighted by molar-refractivity contribution is 6.17. The zero-order valence-corrected chi connectivity index (χ0v) is 10.5. The molecule has 98 valence electrons. The number of benzene rings is 1. The molecule has 2 heterocycles. The number of carbonyl (C=O) groups excluding carboxylic acids is 2. The van der Waals surface area contributed by atoms with Crippen LogP contribution in [0.15, 0.2) is 23.3 Å². The molecule has 0 radical (unpaired) electrons. The topological polar surface area (TPSA) is 59.0 Å². The Balaban J connectivity index is 1.88. The summed E-state index contributed by atoms with van der Waals surface area (Å²) in [6.45, 7) is 1.88. The third-order valence-electron chi connectivity index (χ3n) is 3.40. The predicted octanol–water partition coefficient (Wildman–Crippen LogP) is 1.82. The molecule has 0 amide bonds. The van der Waals surface area contributed by atoms with Gasteiger partial charge in [-0.05, 0) is 25.3 Å². The monoisotopic (exact) mass is 258 g/mol. The smallest absolute Gasteiger partial charge is 0.347 e. The largest absolute Gasteiger partial charge is 0.386 e. The number of ether oxygens (including phenoxy) is 1. The van der Waals surface area contributed by atoms with Crippen LogP contribution < -0.4 is 0 Å². The SMILES string of the molecule is O=C1OC(=O)c2c(/C=N\N3CCCCC3)cccc21. The summed E-state index contributed by atoms with van der Waals surface area (Å²) in [7, 11) is 0. The second-order valence-electron chi connectivity index (χ2n) is 4.71. The molecule has 0 spiro atoms.